The number of benzene rings is 1. The molecule has 1 saturated heterocycles. The maximum atomic E-state index is 5.35. The summed E-state index contributed by atoms with van der Waals surface area (Å²) in [7, 11) is 0. The molecular weight excluding hydrogens is 224 g/mol. The van der Waals surface area contributed by atoms with E-state index in [0.717, 1.165) is 45.8 Å². The number of aryl methyl sites for hydroxylation is 1. The predicted molar refractivity (Wildman–Crippen MR) is 76.2 cm³/mol. The van der Waals surface area contributed by atoms with Gasteiger partial charge < -0.3 is 10.1 Å². The lowest BCUT2D eigenvalue weighted by molar-refractivity contribution is 0.0398. The van der Waals surface area contributed by atoms with Gasteiger partial charge in [0.1, 0.15) is 0 Å². The largest absolute Gasteiger partial charge is 0.384 e. The van der Waals surface area contributed by atoms with Crippen LogP contribution in [-0.4, -0.2) is 44.3 Å². The van der Waals surface area contributed by atoms with E-state index in [1.54, 1.807) is 0 Å². The minimum Gasteiger partial charge on any atom is -0.384 e. The van der Waals surface area contributed by atoms with Crippen molar-refractivity contribution in [1.29, 1.82) is 0 Å². The lowest BCUT2D eigenvalue weighted by atomic mass is 10.1. The minimum atomic E-state index is 0.881. The van der Waals surface area contributed by atoms with Crippen molar-refractivity contribution in [2.75, 3.05) is 44.7 Å². The Kier molecular flexibility index (Phi) is 5.49. The molecule has 1 aromatic rings. The summed E-state index contributed by atoms with van der Waals surface area (Å²) in [6.45, 7) is 8.24. The minimum absolute atomic E-state index is 0.881. The van der Waals surface area contributed by atoms with Crippen molar-refractivity contribution in [2.45, 2.75) is 19.8 Å². The Labute approximate surface area is 110 Å². The van der Waals surface area contributed by atoms with Gasteiger partial charge >= 0.3 is 0 Å². The van der Waals surface area contributed by atoms with Crippen LogP contribution in [0.15, 0.2) is 24.3 Å². The number of ether oxygens (including phenoxy) is 1. The molecular formula is C15H24N2O. The van der Waals surface area contributed by atoms with Gasteiger partial charge in [-0.25, -0.2) is 0 Å². The molecule has 0 radical (unpaired) electrons. The van der Waals surface area contributed by atoms with Crippen molar-refractivity contribution in [3.8, 4) is 0 Å². The van der Waals surface area contributed by atoms with E-state index in [4.69, 9.17) is 4.74 Å². The van der Waals surface area contributed by atoms with E-state index in [1.807, 2.05) is 0 Å². The Hall–Kier alpha value is -1.06. The highest BCUT2D eigenvalue weighted by Crippen LogP contribution is 2.16. The van der Waals surface area contributed by atoms with Crippen LogP contribution in [-0.2, 0) is 11.2 Å². The maximum absolute atomic E-state index is 5.35. The van der Waals surface area contributed by atoms with Gasteiger partial charge in [0.05, 0.1) is 13.2 Å². The van der Waals surface area contributed by atoms with Crippen LogP contribution in [0.3, 0.4) is 0 Å². The second-order valence-electron chi connectivity index (χ2n) is 4.79. The highest BCUT2D eigenvalue weighted by molar-refractivity contribution is 5.51. The molecule has 0 unspecified atom stereocenters. The van der Waals surface area contributed by atoms with Crippen LogP contribution in [0.2, 0.25) is 0 Å². The zero-order valence-corrected chi connectivity index (χ0v) is 11.3. The molecule has 2 rings (SSSR count). The van der Waals surface area contributed by atoms with Crippen molar-refractivity contribution in [2.24, 2.45) is 0 Å². The van der Waals surface area contributed by atoms with Crippen LogP contribution >= 0.6 is 0 Å². The van der Waals surface area contributed by atoms with Crippen molar-refractivity contribution in [3.05, 3.63) is 29.8 Å². The number of rotatable bonds is 6. The summed E-state index contributed by atoms with van der Waals surface area (Å²) in [5.41, 5.74) is 2.73. The van der Waals surface area contributed by atoms with Gasteiger partial charge in [0, 0.05) is 31.9 Å². The number of para-hydroxylation sites is 1. The number of hydrogen-bond donors (Lipinski definition) is 1. The first-order valence-corrected chi connectivity index (χ1v) is 7.02. The number of nitrogens with one attached hydrogen (secondary N) is 1. The number of anilines is 1. The lowest BCUT2D eigenvalue weighted by Gasteiger charge is -2.26. The van der Waals surface area contributed by atoms with Gasteiger partial charge in [0.25, 0.3) is 0 Å². The standard InChI is InChI=1S/C15H24N2O/c1-2-5-14-6-3-4-7-15(14)16-8-9-17-10-12-18-13-11-17/h3-4,6-7,16H,2,5,8-13H2,1H3. The molecule has 18 heavy (non-hydrogen) atoms. The summed E-state index contributed by atoms with van der Waals surface area (Å²) < 4.78 is 5.35. The van der Waals surface area contributed by atoms with Gasteiger partial charge in [0.2, 0.25) is 0 Å². The molecule has 1 aromatic carbocycles. The fourth-order valence-corrected chi connectivity index (χ4v) is 2.35. The van der Waals surface area contributed by atoms with E-state index in [1.165, 1.54) is 17.7 Å². The second kappa shape index (κ2) is 7.39. The van der Waals surface area contributed by atoms with E-state index in [0.29, 0.717) is 0 Å². The molecule has 3 nitrogen and oxygen atoms in total. The summed E-state index contributed by atoms with van der Waals surface area (Å²) in [6, 6.07) is 8.64. The van der Waals surface area contributed by atoms with Crippen LogP contribution in [0.4, 0.5) is 5.69 Å². The fourth-order valence-electron chi connectivity index (χ4n) is 2.35. The van der Waals surface area contributed by atoms with Crippen molar-refractivity contribution in [1.82, 2.24) is 4.90 Å². The Morgan fingerprint density at radius 1 is 1.22 bits per heavy atom. The summed E-state index contributed by atoms with van der Waals surface area (Å²) in [5.74, 6) is 0. The predicted octanol–water partition coefficient (Wildman–Crippen LogP) is 2.38. The zero-order valence-electron chi connectivity index (χ0n) is 11.3. The van der Waals surface area contributed by atoms with Crippen molar-refractivity contribution in [3.63, 3.8) is 0 Å². The summed E-state index contributed by atoms with van der Waals surface area (Å²) >= 11 is 0. The third kappa shape index (κ3) is 4.00. The lowest BCUT2D eigenvalue weighted by Crippen LogP contribution is -2.39. The molecule has 0 aliphatic carbocycles. The molecule has 1 fully saturated rings. The first-order chi connectivity index (χ1) is 8.90. The monoisotopic (exact) mass is 248 g/mol. The SMILES string of the molecule is CCCc1ccccc1NCCN1CCOCC1. The van der Waals surface area contributed by atoms with Gasteiger partial charge in [-0.1, -0.05) is 31.5 Å². The van der Waals surface area contributed by atoms with Gasteiger partial charge in [-0.15, -0.1) is 0 Å². The third-order valence-electron chi connectivity index (χ3n) is 3.38. The first-order valence-electron chi connectivity index (χ1n) is 7.02. The van der Waals surface area contributed by atoms with Gasteiger partial charge in [-0.2, -0.15) is 0 Å². The average Bonchev–Trinajstić information content (AvgIpc) is 2.42. The maximum Gasteiger partial charge on any atom is 0.0594 e. The molecule has 1 aliphatic heterocycles. The van der Waals surface area contributed by atoms with Crippen molar-refractivity contribution < 1.29 is 4.74 Å². The van der Waals surface area contributed by atoms with Gasteiger partial charge in [-0.05, 0) is 18.1 Å². The topological polar surface area (TPSA) is 24.5 Å². The van der Waals surface area contributed by atoms with Crippen LogP contribution in [0.5, 0.6) is 0 Å². The van der Waals surface area contributed by atoms with E-state index in [2.05, 4.69) is 41.4 Å². The Balaban J connectivity index is 1.78. The Bertz CT molecular complexity index is 348. The fraction of sp³-hybridized carbons (Fsp3) is 0.600. The molecule has 0 spiro atoms. The third-order valence-corrected chi connectivity index (χ3v) is 3.38. The normalized spacial score (nSPS) is 16.7. The van der Waals surface area contributed by atoms with Crippen LogP contribution in [0, 0.1) is 0 Å². The second-order valence-corrected chi connectivity index (χ2v) is 4.79. The van der Waals surface area contributed by atoms with Crippen LogP contribution in [0.1, 0.15) is 18.9 Å². The molecule has 1 aliphatic rings. The molecule has 0 saturated carbocycles. The van der Waals surface area contributed by atoms with E-state index >= 15 is 0 Å². The highest BCUT2D eigenvalue weighted by Gasteiger charge is 2.09. The van der Waals surface area contributed by atoms with E-state index in [-0.39, 0.29) is 0 Å². The Morgan fingerprint density at radius 3 is 2.78 bits per heavy atom. The number of nitrogens with zero attached hydrogens (tertiary/aromatic N) is 1. The quantitative estimate of drug-likeness (QED) is 0.836. The molecule has 0 atom stereocenters. The molecule has 100 valence electrons. The van der Waals surface area contributed by atoms with Crippen LogP contribution in [0.25, 0.3) is 0 Å². The Morgan fingerprint density at radius 2 is 2.00 bits per heavy atom. The van der Waals surface area contributed by atoms with Crippen LogP contribution < -0.4 is 5.32 Å². The molecule has 0 aromatic heterocycles. The van der Waals surface area contributed by atoms with Crippen molar-refractivity contribution >= 4 is 5.69 Å². The smallest absolute Gasteiger partial charge is 0.0594 e. The van der Waals surface area contributed by atoms with E-state index < -0.39 is 0 Å². The highest BCUT2D eigenvalue weighted by atomic mass is 16.5. The summed E-state index contributed by atoms with van der Waals surface area (Å²) in [4.78, 5) is 2.46. The average molecular weight is 248 g/mol. The molecule has 1 heterocycles. The first kappa shape index (κ1) is 13.4. The van der Waals surface area contributed by atoms with Gasteiger partial charge in [-0.3, -0.25) is 4.90 Å². The number of hydrogen-bond acceptors (Lipinski definition) is 3. The summed E-state index contributed by atoms with van der Waals surface area (Å²) in [5, 5.41) is 3.56. The van der Waals surface area contributed by atoms with E-state index in [9.17, 15) is 0 Å². The molecule has 1 N–H and O–H groups in total. The van der Waals surface area contributed by atoms with Gasteiger partial charge in [0.15, 0.2) is 0 Å². The number of morpholine rings is 1. The molecule has 0 amide bonds. The molecule has 3 heteroatoms. The summed E-state index contributed by atoms with van der Waals surface area (Å²) in [6.07, 6.45) is 2.35. The molecule has 0 bridgehead atoms. The zero-order chi connectivity index (χ0) is 12.6.